The molecule has 18 aromatic rings. The van der Waals surface area contributed by atoms with Gasteiger partial charge in [0.25, 0.3) is 0 Å². The molecule has 0 aliphatic carbocycles. The zero-order chi connectivity index (χ0) is 62.9. The van der Waals surface area contributed by atoms with Gasteiger partial charge in [-0.15, -0.1) is 119 Å². The second-order valence-electron chi connectivity index (χ2n) is 27.3. The first kappa shape index (κ1) is 65.6. The van der Waals surface area contributed by atoms with Gasteiger partial charge in [0, 0.05) is 179 Å². The summed E-state index contributed by atoms with van der Waals surface area (Å²) in [7, 11) is 0. The predicted octanol–water partition coefficient (Wildman–Crippen LogP) is 19.9. The molecule has 0 saturated heterocycles. The summed E-state index contributed by atoms with van der Waals surface area (Å²) in [5.41, 5.74) is 22.9. The summed E-state index contributed by atoms with van der Waals surface area (Å²) in [5.74, 6) is 1.42. The molecule has 0 amide bonds. The van der Waals surface area contributed by atoms with Gasteiger partial charge >= 0.3 is 0 Å². The van der Waals surface area contributed by atoms with Crippen molar-refractivity contribution in [1.82, 2.24) is 37.5 Å². The minimum Gasteiger partial charge on any atom is -0.337 e. The summed E-state index contributed by atoms with van der Waals surface area (Å²) in [6.07, 6.45) is 10.4. The Bertz CT molecular complexity index is 6200. The van der Waals surface area contributed by atoms with Gasteiger partial charge in [-0.05, 0) is 73.7 Å². The Labute approximate surface area is 622 Å². The Kier molecular flexibility index (Phi) is 16.6. The van der Waals surface area contributed by atoms with Crippen molar-refractivity contribution in [2.45, 2.75) is 88.9 Å². The third-order valence-electron chi connectivity index (χ3n) is 22.4. The van der Waals surface area contributed by atoms with Crippen LogP contribution < -0.4 is 0 Å². The molecule has 10 aromatic carbocycles. The van der Waals surface area contributed by atoms with Crippen LogP contribution >= 0.6 is 0 Å². The normalized spacial score (nSPS) is 17.0. The maximum atomic E-state index is 4.94. The SMILES string of the molecule is CC1(C)c2cccc3c4ccc[c-]c4c4ncc(n4c23)C1(C)C.CC1c2cccc3c4ccc[c-]c4c4ncc(n4c23)C1C.[Ir].[Ir].[Ir].[Ir].[c-]1cccc2c1c1ncc3n1c1c(cccc21)C(c1ccccc1)C3c1ccccc1.[c-]1cccc2c1c1ncc3n1c1c(cccc21)CC3. The Morgan fingerprint density at radius 1 is 0.347 bits per heavy atom. The first-order valence-corrected chi connectivity index (χ1v) is 33.0. The Hall–Kier alpha value is -8.36. The minimum absolute atomic E-state index is 0. The van der Waals surface area contributed by atoms with E-state index >= 15 is 0 Å². The number of pyridine rings is 4. The Morgan fingerprint density at radius 2 is 0.776 bits per heavy atom. The number of imidazole rings is 4. The molecule has 98 heavy (non-hydrogen) atoms. The number of hydrogen-bond donors (Lipinski definition) is 0. The molecular weight excluding hydrogens is 1910 g/mol. The summed E-state index contributed by atoms with van der Waals surface area (Å²) < 4.78 is 9.44. The largest absolute Gasteiger partial charge is 0.337 e. The van der Waals surface area contributed by atoms with Crippen LogP contribution in [0.5, 0.6) is 0 Å². The second kappa shape index (κ2) is 24.8. The molecule has 0 N–H and O–H groups in total. The van der Waals surface area contributed by atoms with Crippen LogP contribution in [0.15, 0.2) is 231 Å². The first-order chi connectivity index (χ1) is 46.1. The standard InChI is InChI=1S/C29H19N2.C21H19N2.C19H15N2.C17H11N2.4Ir/c1-3-10-19(11-4-1)26-24-17-9-16-22-21-14-7-8-15-23(21)29-30-18-25(31(29)28(22)24)27(26)20-12-5-2-6-13-20;1-20(2)16-11-7-10-14-13-8-5-6-9-15(13)19-22-12-17(21(20,3)4)23(19)18(14)16;1-11-12(2)17-10-20-19-16-7-4-3-6-14(16)15-9-5-8-13(11)18(15)21(17)19;1-2-6-15-13(5-1)14-7-3-4-11-8-9-12-10-18-17(15)19(12)16(11)14;;;;/h1-14,16-18,26-27H;5-8,10-12H,1-4H3;3-6,8-12H,1-2H3;1-5,7,10H,8-9H2;;;;/q4*-1;;;;. The van der Waals surface area contributed by atoms with Crippen molar-refractivity contribution >= 4 is 109 Å². The number of hydrogen-bond acceptors (Lipinski definition) is 4. The molecule has 8 aromatic heterocycles. The van der Waals surface area contributed by atoms with E-state index in [2.05, 4.69) is 283 Å². The molecule has 4 unspecified atom stereocenters. The Morgan fingerprint density at radius 3 is 1.35 bits per heavy atom. The molecule has 4 radical (unpaired) electrons. The predicted molar refractivity (Wildman–Crippen MR) is 383 cm³/mol. The van der Waals surface area contributed by atoms with Crippen molar-refractivity contribution in [3.05, 3.63) is 311 Å². The second-order valence-corrected chi connectivity index (χ2v) is 27.3. The summed E-state index contributed by atoms with van der Waals surface area (Å²) >= 11 is 0. The topological polar surface area (TPSA) is 69.2 Å². The van der Waals surface area contributed by atoms with E-state index in [-0.39, 0.29) is 103 Å². The van der Waals surface area contributed by atoms with Gasteiger partial charge < -0.3 is 17.6 Å². The fraction of sp³-hybridized carbons (Fsp3) is 0.163. The smallest absolute Gasteiger partial charge is 0.0611 e. The van der Waals surface area contributed by atoms with E-state index in [1.165, 1.54) is 121 Å². The van der Waals surface area contributed by atoms with E-state index in [1.807, 2.05) is 36.7 Å². The number of aromatic nitrogens is 8. The van der Waals surface area contributed by atoms with Gasteiger partial charge in [0.1, 0.15) is 0 Å². The van der Waals surface area contributed by atoms with Crippen molar-refractivity contribution in [3.8, 4) is 0 Å². The zero-order valence-electron chi connectivity index (χ0n) is 54.6. The summed E-state index contributed by atoms with van der Waals surface area (Å²) in [6, 6.07) is 87.0. The van der Waals surface area contributed by atoms with Crippen LogP contribution in [0.3, 0.4) is 0 Å². The third kappa shape index (κ3) is 9.32. The third-order valence-corrected chi connectivity index (χ3v) is 22.4. The molecule has 4 aliphatic heterocycles. The zero-order valence-corrected chi connectivity index (χ0v) is 64.2. The van der Waals surface area contributed by atoms with Crippen LogP contribution in [0, 0.1) is 24.3 Å². The summed E-state index contributed by atoms with van der Waals surface area (Å²) in [4.78, 5) is 19.1. The van der Waals surface area contributed by atoms with Crippen molar-refractivity contribution in [3.63, 3.8) is 0 Å². The van der Waals surface area contributed by atoms with E-state index in [4.69, 9.17) is 15.0 Å². The van der Waals surface area contributed by atoms with Gasteiger partial charge in [0.15, 0.2) is 0 Å². The van der Waals surface area contributed by atoms with E-state index < -0.39 is 0 Å². The number of aryl methyl sites for hydroxylation is 2. The molecule has 12 heterocycles. The van der Waals surface area contributed by atoms with Gasteiger partial charge in [-0.3, -0.25) is 19.9 Å². The van der Waals surface area contributed by atoms with E-state index in [1.54, 1.807) is 0 Å². The number of para-hydroxylation sites is 4. The van der Waals surface area contributed by atoms with Gasteiger partial charge in [-0.2, -0.15) is 0 Å². The first-order valence-electron chi connectivity index (χ1n) is 33.0. The van der Waals surface area contributed by atoms with Crippen LogP contribution in [0.4, 0.5) is 0 Å². The Balaban J connectivity index is 0.000000107. The minimum atomic E-state index is 0. The van der Waals surface area contributed by atoms with E-state index in [9.17, 15) is 0 Å². The summed E-state index contributed by atoms with van der Waals surface area (Å²) in [6.45, 7) is 14.0. The van der Waals surface area contributed by atoms with Gasteiger partial charge in [-0.25, -0.2) is 0 Å². The van der Waals surface area contributed by atoms with Crippen molar-refractivity contribution in [2.24, 2.45) is 0 Å². The maximum Gasteiger partial charge on any atom is 0.0611 e. The maximum absolute atomic E-state index is 4.94. The quantitative estimate of drug-likeness (QED) is 0.128. The monoisotopic (exact) mass is 1980 g/mol. The van der Waals surface area contributed by atoms with E-state index in [0.717, 1.165) is 57.0 Å². The van der Waals surface area contributed by atoms with Crippen LogP contribution in [0.2, 0.25) is 0 Å². The van der Waals surface area contributed by atoms with Gasteiger partial charge in [-0.1, -0.05) is 197 Å². The molecule has 0 fully saturated rings. The average Bonchev–Trinajstić information content (AvgIpc) is 1.35. The molecular formula is C86H64Ir4N8-4. The fourth-order valence-electron chi connectivity index (χ4n) is 17.0. The summed E-state index contributed by atoms with van der Waals surface area (Å²) in [5, 5.41) is 14.6. The van der Waals surface area contributed by atoms with Crippen molar-refractivity contribution in [1.29, 1.82) is 0 Å². The van der Waals surface area contributed by atoms with Gasteiger partial charge in [0.05, 0.1) is 22.6 Å². The molecule has 488 valence electrons. The number of benzene rings is 10. The number of fused-ring (bicyclic) bond motifs is 12. The molecule has 0 bridgehead atoms. The molecule has 4 aliphatic rings. The van der Waals surface area contributed by atoms with Crippen molar-refractivity contribution in [2.75, 3.05) is 0 Å². The molecule has 0 spiro atoms. The van der Waals surface area contributed by atoms with E-state index in [0.29, 0.717) is 11.8 Å². The number of rotatable bonds is 2. The molecule has 22 rings (SSSR count). The number of nitrogens with zero attached hydrogens (tertiary/aromatic N) is 8. The molecule has 12 heteroatoms. The molecule has 0 saturated carbocycles. The van der Waals surface area contributed by atoms with Crippen LogP contribution in [0.25, 0.3) is 109 Å². The van der Waals surface area contributed by atoms with Crippen LogP contribution in [0.1, 0.15) is 121 Å². The van der Waals surface area contributed by atoms with Crippen molar-refractivity contribution < 1.29 is 80.4 Å². The molecule has 4 atom stereocenters. The van der Waals surface area contributed by atoms with Gasteiger partial charge in [0.2, 0.25) is 0 Å². The van der Waals surface area contributed by atoms with Crippen LogP contribution in [-0.4, -0.2) is 37.5 Å². The van der Waals surface area contributed by atoms with Crippen LogP contribution in [-0.2, 0) is 104 Å². The average molecular weight is 1980 g/mol. The fourth-order valence-corrected chi connectivity index (χ4v) is 17.0. The molecule has 8 nitrogen and oxygen atoms in total.